The Morgan fingerprint density at radius 3 is 2.28 bits per heavy atom. The normalized spacial score (nSPS) is 20.3. The molecule has 1 atom stereocenters. The predicted octanol–water partition coefficient (Wildman–Crippen LogP) is 0.680. The number of piperazine rings is 1. The highest BCUT2D eigenvalue weighted by atomic mass is 127. The molecule has 0 aromatic rings. The molecule has 0 saturated carbocycles. The number of halogens is 1. The van der Waals surface area contributed by atoms with Crippen molar-refractivity contribution in [2.45, 2.75) is 33.7 Å². The minimum absolute atomic E-state index is 0. The molecule has 2 aliphatic rings. The zero-order valence-electron chi connectivity index (χ0n) is 18.7. The Morgan fingerprint density at radius 1 is 1.07 bits per heavy atom. The number of aliphatic imine (C=N–C) groups is 1. The molecule has 29 heavy (non-hydrogen) atoms. The Morgan fingerprint density at radius 2 is 1.72 bits per heavy atom. The maximum absolute atomic E-state index is 11.4. The van der Waals surface area contributed by atoms with Gasteiger partial charge in [0.2, 0.25) is 5.91 Å². The van der Waals surface area contributed by atoms with Gasteiger partial charge in [0.1, 0.15) is 0 Å². The van der Waals surface area contributed by atoms with E-state index in [1.54, 1.807) is 6.92 Å². The molecular weight excluding hydrogens is 483 g/mol. The fraction of sp³-hybridized carbons (Fsp3) is 0.900. The average Bonchev–Trinajstić information content (AvgIpc) is 2.69. The van der Waals surface area contributed by atoms with Crippen LogP contribution in [0.3, 0.4) is 0 Å². The molecule has 170 valence electrons. The van der Waals surface area contributed by atoms with Gasteiger partial charge in [0.25, 0.3) is 0 Å². The van der Waals surface area contributed by atoms with Gasteiger partial charge < -0.3 is 20.3 Å². The van der Waals surface area contributed by atoms with E-state index in [2.05, 4.69) is 41.2 Å². The van der Waals surface area contributed by atoms with Crippen molar-refractivity contribution < 1.29 is 9.53 Å². The molecule has 2 heterocycles. The fourth-order valence-electron chi connectivity index (χ4n) is 3.80. The van der Waals surface area contributed by atoms with Crippen molar-refractivity contribution in [3.05, 3.63) is 0 Å². The van der Waals surface area contributed by atoms with Gasteiger partial charge in [-0.05, 0) is 12.8 Å². The number of amides is 1. The van der Waals surface area contributed by atoms with Crippen molar-refractivity contribution in [3.8, 4) is 0 Å². The summed E-state index contributed by atoms with van der Waals surface area (Å²) in [6.07, 6.45) is 0. The van der Waals surface area contributed by atoms with Gasteiger partial charge in [-0.15, -0.1) is 24.0 Å². The fourth-order valence-corrected chi connectivity index (χ4v) is 3.80. The van der Waals surface area contributed by atoms with Crippen LogP contribution in [0.15, 0.2) is 4.99 Å². The first-order valence-corrected chi connectivity index (χ1v) is 10.8. The number of ether oxygens (including phenoxy) is 1. The van der Waals surface area contributed by atoms with E-state index < -0.39 is 0 Å². The second-order valence-corrected chi connectivity index (χ2v) is 7.95. The number of carbonyl (C=O) groups is 1. The summed E-state index contributed by atoms with van der Waals surface area (Å²) in [6, 6.07) is 0.444. The van der Waals surface area contributed by atoms with E-state index in [4.69, 9.17) is 9.73 Å². The second kappa shape index (κ2) is 14.4. The maximum atomic E-state index is 11.4. The molecule has 0 aromatic carbocycles. The third-order valence-corrected chi connectivity index (χ3v) is 5.60. The summed E-state index contributed by atoms with van der Waals surface area (Å²) in [7, 11) is 0. The van der Waals surface area contributed by atoms with E-state index in [1.807, 2.05) is 4.90 Å². The lowest BCUT2D eigenvalue weighted by Gasteiger charge is -2.36. The SMILES string of the molecule is CCNC(=NCC(C(C)C)N1CCOCC1)NCCN1CCN(C(C)=O)CC1.I. The molecule has 1 amide bonds. The van der Waals surface area contributed by atoms with E-state index in [1.165, 1.54) is 0 Å². The molecule has 0 radical (unpaired) electrons. The highest BCUT2D eigenvalue weighted by Gasteiger charge is 2.23. The Balaban J connectivity index is 0.00000420. The average molecular weight is 524 g/mol. The molecule has 2 fully saturated rings. The van der Waals surface area contributed by atoms with E-state index >= 15 is 0 Å². The molecule has 2 N–H and O–H groups in total. The van der Waals surface area contributed by atoms with E-state index in [0.29, 0.717) is 12.0 Å². The molecule has 0 aromatic heterocycles. The van der Waals surface area contributed by atoms with Crippen LogP contribution in [0.5, 0.6) is 0 Å². The van der Waals surface area contributed by atoms with Gasteiger partial charge >= 0.3 is 0 Å². The van der Waals surface area contributed by atoms with Crippen LogP contribution < -0.4 is 10.6 Å². The minimum Gasteiger partial charge on any atom is -0.379 e. The first-order chi connectivity index (χ1) is 13.5. The summed E-state index contributed by atoms with van der Waals surface area (Å²) in [5, 5.41) is 6.84. The summed E-state index contributed by atoms with van der Waals surface area (Å²) in [4.78, 5) is 23.1. The lowest BCUT2D eigenvalue weighted by atomic mass is 10.0. The van der Waals surface area contributed by atoms with E-state index in [0.717, 1.165) is 84.6 Å². The van der Waals surface area contributed by atoms with Gasteiger partial charge in [0, 0.05) is 71.9 Å². The van der Waals surface area contributed by atoms with Crippen LogP contribution in [-0.2, 0) is 9.53 Å². The summed E-state index contributed by atoms with van der Waals surface area (Å²) >= 11 is 0. The van der Waals surface area contributed by atoms with Crippen LogP contribution in [-0.4, -0.2) is 111 Å². The first-order valence-electron chi connectivity index (χ1n) is 10.8. The lowest BCUT2D eigenvalue weighted by molar-refractivity contribution is -0.130. The molecule has 1 unspecified atom stereocenters. The molecular formula is C20H41IN6O2. The molecule has 0 bridgehead atoms. The van der Waals surface area contributed by atoms with Crippen molar-refractivity contribution in [2.24, 2.45) is 10.9 Å². The van der Waals surface area contributed by atoms with Gasteiger partial charge in [0.15, 0.2) is 5.96 Å². The summed E-state index contributed by atoms with van der Waals surface area (Å²) in [5.74, 6) is 1.63. The van der Waals surface area contributed by atoms with Gasteiger partial charge in [-0.1, -0.05) is 13.8 Å². The molecule has 0 spiro atoms. The van der Waals surface area contributed by atoms with E-state index in [9.17, 15) is 4.79 Å². The van der Waals surface area contributed by atoms with Crippen LogP contribution in [0.4, 0.5) is 0 Å². The molecule has 9 heteroatoms. The summed E-state index contributed by atoms with van der Waals surface area (Å²) < 4.78 is 5.50. The molecule has 0 aliphatic carbocycles. The maximum Gasteiger partial charge on any atom is 0.219 e. The van der Waals surface area contributed by atoms with Crippen molar-refractivity contribution in [1.82, 2.24) is 25.3 Å². The topological polar surface area (TPSA) is 72.4 Å². The smallest absolute Gasteiger partial charge is 0.219 e. The van der Waals surface area contributed by atoms with Crippen molar-refractivity contribution in [3.63, 3.8) is 0 Å². The molecule has 2 rings (SSSR count). The highest BCUT2D eigenvalue weighted by molar-refractivity contribution is 14.0. The van der Waals surface area contributed by atoms with E-state index in [-0.39, 0.29) is 29.9 Å². The second-order valence-electron chi connectivity index (χ2n) is 7.95. The Hall–Kier alpha value is -0.650. The zero-order chi connectivity index (χ0) is 20.4. The van der Waals surface area contributed by atoms with Gasteiger partial charge in [-0.3, -0.25) is 19.6 Å². The van der Waals surface area contributed by atoms with Gasteiger partial charge in [0.05, 0.1) is 19.8 Å². The van der Waals surface area contributed by atoms with Crippen LogP contribution in [0.1, 0.15) is 27.7 Å². The van der Waals surface area contributed by atoms with Crippen molar-refractivity contribution in [1.29, 1.82) is 0 Å². The highest BCUT2D eigenvalue weighted by Crippen LogP contribution is 2.13. The number of nitrogens with one attached hydrogen (secondary N) is 2. The Kier molecular flexibility index (Phi) is 13.1. The lowest BCUT2D eigenvalue weighted by Crippen LogP contribution is -2.50. The van der Waals surface area contributed by atoms with Crippen molar-refractivity contribution in [2.75, 3.05) is 78.7 Å². The van der Waals surface area contributed by atoms with Crippen molar-refractivity contribution >= 4 is 35.8 Å². The van der Waals surface area contributed by atoms with Crippen LogP contribution in [0, 0.1) is 5.92 Å². The van der Waals surface area contributed by atoms with Crippen LogP contribution in [0.25, 0.3) is 0 Å². The number of hydrogen-bond donors (Lipinski definition) is 2. The molecule has 8 nitrogen and oxygen atoms in total. The monoisotopic (exact) mass is 524 g/mol. The quantitative estimate of drug-likeness (QED) is 0.277. The van der Waals surface area contributed by atoms with Crippen LogP contribution >= 0.6 is 24.0 Å². The number of carbonyl (C=O) groups excluding carboxylic acids is 1. The summed E-state index contributed by atoms with van der Waals surface area (Å²) in [6.45, 7) is 19.0. The van der Waals surface area contributed by atoms with Gasteiger partial charge in [-0.25, -0.2) is 0 Å². The number of hydrogen-bond acceptors (Lipinski definition) is 5. The zero-order valence-corrected chi connectivity index (χ0v) is 21.0. The largest absolute Gasteiger partial charge is 0.379 e. The standard InChI is InChI=1S/C20H40N6O2.HI/c1-5-21-20(22-6-7-24-8-10-25(11-9-24)18(4)27)23-16-19(17(2)3)26-12-14-28-15-13-26;/h17,19H,5-16H2,1-4H3,(H2,21,22,23);1H. The third kappa shape index (κ3) is 9.35. The third-order valence-electron chi connectivity index (χ3n) is 5.60. The number of nitrogens with zero attached hydrogens (tertiary/aromatic N) is 4. The Bertz CT molecular complexity index is 491. The first kappa shape index (κ1) is 26.4. The molecule has 2 saturated heterocycles. The Labute approximate surface area is 193 Å². The van der Waals surface area contributed by atoms with Gasteiger partial charge in [-0.2, -0.15) is 0 Å². The molecule has 2 aliphatic heterocycles. The predicted molar refractivity (Wildman–Crippen MR) is 129 cm³/mol. The minimum atomic E-state index is 0. The number of guanidine groups is 1. The number of morpholine rings is 1. The summed E-state index contributed by atoms with van der Waals surface area (Å²) in [5.41, 5.74) is 0. The van der Waals surface area contributed by atoms with Crippen LogP contribution in [0.2, 0.25) is 0 Å². The number of rotatable bonds is 8.